The van der Waals surface area contributed by atoms with Crippen molar-refractivity contribution in [2.24, 2.45) is 0 Å². The summed E-state index contributed by atoms with van der Waals surface area (Å²) in [5.41, 5.74) is 1.52. The van der Waals surface area contributed by atoms with Gasteiger partial charge in [0.2, 0.25) is 0 Å². The minimum atomic E-state index is -0.283. The third-order valence-electron chi connectivity index (χ3n) is 3.18. The van der Waals surface area contributed by atoms with Crippen LogP contribution in [0.3, 0.4) is 0 Å². The molecule has 1 heterocycles. The average molecular weight is 282 g/mol. The van der Waals surface area contributed by atoms with E-state index in [2.05, 4.69) is 15.5 Å². The van der Waals surface area contributed by atoms with Crippen LogP contribution in [0.25, 0.3) is 5.69 Å². The second-order valence-corrected chi connectivity index (χ2v) is 4.61. The molecule has 0 atom stereocenters. The Hall–Kier alpha value is -2.69. The Morgan fingerprint density at radius 1 is 1.00 bits per heavy atom. The molecule has 3 rings (SSSR count). The molecule has 0 saturated carbocycles. The van der Waals surface area contributed by atoms with Crippen LogP contribution in [0.2, 0.25) is 0 Å². The molecule has 106 valence electrons. The number of benzene rings is 2. The first-order valence-electron chi connectivity index (χ1n) is 6.77. The van der Waals surface area contributed by atoms with Gasteiger partial charge >= 0.3 is 0 Å². The fraction of sp³-hybridized carbons (Fsp3) is 0.125. The highest BCUT2D eigenvalue weighted by molar-refractivity contribution is 5.42. The summed E-state index contributed by atoms with van der Waals surface area (Å²) in [6.07, 6.45) is 2.19. The van der Waals surface area contributed by atoms with Crippen LogP contribution in [-0.2, 0) is 6.42 Å². The molecule has 1 N–H and O–H groups in total. The molecule has 3 aromatic rings. The summed E-state index contributed by atoms with van der Waals surface area (Å²) in [6, 6.07) is 16.5. The molecule has 0 aliphatic rings. The van der Waals surface area contributed by atoms with Crippen molar-refractivity contribution in [2.75, 3.05) is 11.9 Å². The maximum absolute atomic E-state index is 13.8. The summed E-state index contributed by atoms with van der Waals surface area (Å²) >= 11 is 0. The van der Waals surface area contributed by atoms with Gasteiger partial charge in [0.1, 0.15) is 18.0 Å². The van der Waals surface area contributed by atoms with Crippen LogP contribution in [0.5, 0.6) is 0 Å². The third-order valence-corrected chi connectivity index (χ3v) is 3.18. The largest absolute Gasteiger partial charge is 0.385 e. The van der Waals surface area contributed by atoms with E-state index in [0.29, 0.717) is 18.7 Å². The molecule has 1 aromatic heterocycles. The molecule has 0 saturated heterocycles. The summed E-state index contributed by atoms with van der Waals surface area (Å²) in [4.78, 5) is 0. The Morgan fingerprint density at radius 3 is 2.57 bits per heavy atom. The number of anilines is 1. The van der Waals surface area contributed by atoms with Crippen LogP contribution in [0, 0.1) is 5.82 Å². The lowest BCUT2D eigenvalue weighted by atomic mass is 10.3. The van der Waals surface area contributed by atoms with E-state index in [1.54, 1.807) is 22.8 Å². The van der Waals surface area contributed by atoms with Crippen LogP contribution in [0.15, 0.2) is 60.9 Å². The van der Waals surface area contributed by atoms with Gasteiger partial charge in [0.15, 0.2) is 0 Å². The fourth-order valence-electron chi connectivity index (χ4n) is 2.15. The summed E-state index contributed by atoms with van der Waals surface area (Å²) in [5, 5.41) is 11.3. The van der Waals surface area contributed by atoms with E-state index in [0.717, 1.165) is 11.5 Å². The minimum Gasteiger partial charge on any atom is -0.385 e. The molecule has 21 heavy (non-hydrogen) atoms. The first kappa shape index (κ1) is 13.3. The van der Waals surface area contributed by atoms with Crippen molar-refractivity contribution in [1.29, 1.82) is 0 Å². The molecule has 0 fully saturated rings. The van der Waals surface area contributed by atoms with Gasteiger partial charge in [0.05, 0.1) is 5.69 Å². The number of aromatic nitrogens is 3. The van der Waals surface area contributed by atoms with Crippen LogP contribution < -0.4 is 5.32 Å². The van der Waals surface area contributed by atoms with Crippen LogP contribution in [0.1, 0.15) is 5.82 Å². The van der Waals surface area contributed by atoms with Crippen molar-refractivity contribution in [1.82, 2.24) is 14.8 Å². The first-order valence-corrected chi connectivity index (χ1v) is 6.77. The summed E-state index contributed by atoms with van der Waals surface area (Å²) in [6.45, 7) is 0.706. The molecule has 0 unspecified atom stereocenters. The molecule has 5 heteroatoms. The van der Waals surface area contributed by atoms with E-state index in [-0.39, 0.29) is 5.82 Å². The number of halogens is 1. The zero-order valence-electron chi connectivity index (χ0n) is 11.4. The Labute approximate surface area is 122 Å². The predicted octanol–water partition coefficient (Wildman–Crippen LogP) is 3.06. The lowest BCUT2D eigenvalue weighted by molar-refractivity contribution is 0.615. The summed E-state index contributed by atoms with van der Waals surface area (Å²) < 4.78 is 15.5. The van der Waals surface area contributed by atoms with Crippen molar-refractivity contribution in [3.63, 3.8) is 0 Å². The van der Waals surface area contributed by atoms with Crippen LogP contribution in [-0.4, -0.2) is 21.3 Å². The number of hydrogen-bond donors (Lipinski definition) is 1. The van der Waals surface area contributed by atoms with E-state index in [1.165, 1.54) is 12.4 Å². The van der Waals surface area contributed by atoms with Gasteiger partial charge in [0, 0.05) is 18.7 Å². The van der Waals surface area contributed by atoms with Crippen LogP contribution >= 0.6 is 0 Å². The lowest BCUT2D eigenvalue weighted by Crippen LogP contribution is -2.10. The molecule has 0 aliphatic heterocycles. The Bertz CT molecular complexity index is 709. The predicted molar refractivity (Wildman–Crippen MR) is 80.0 cm³/mol. The van der Waals surface area contributed by atoms with Crippen molar-refractivity contribution < 1.29 is 4.39 Å². The standard InChI is InChI=1S/C16H15FN4/c17-14-8-4-5-9-15(14)21-12-19-20-16(21)10-11-18-13-6-2-1-3-7-13/h1-9,12,18H,10-11H2. The molecular formula is C16H15FN4. The van der Waals surface area contributed by atoms with Gasteiger partial charge in [-0.05, 0) is 24.3 Å². The van der Waals surface area contributed by atoms with Crippen molar-refractivity contribution in [3.8, 4) is 5.69 Å². The molecule has 0 spiro atoms. The number of rotatable bonds is 5. The number of para-hydroxylation sites is 2. The monoisotopic (exact) mass is 282 g/mol. The Kier molecular flexibility index (Phi) is 3.91. The Balaban J connectivity index is 1.70. The molecule has 4 nitrogen and oxygen atoms in total. The highest BCUT2D eigenvalue weighted by Gasteiger charge is 2.09. The Morgan fingerprint density at radius 2 is 1.76 bits per heavy atom. The molecule has 0 bridgehead atoms. The van der Waals surface area contributed by atoms with Gasteiger partial charge in [-0.15, -0.1) is 10.2 Å². The van der Waals surface area contributed by atoms with E-state index < -0.39 is 0 Å². The van der Waals surface area contributed by atoms with Gasteiger partial charge < -0.3 is 5.32 Å². The maximum atomic E-state index is 13.8. The van der Waals surface area contributed by atoms with Crippen LogP contribution in [0.4, 0.5) is 10.1 Å². The summed E-state index contributed by atoms with van der Waals surface area (Å²) in [5.74, 6) is 0.443. The first-order chi connectivity index (χ1) is 10.3. The number of nitrogens with zero attached hydrogens (tertiary/aromatic N) is 3. The minimum absolute atomic E-state index is 0.283. The van der Waals surface area contributed by atoms with Gasteiger partial charge in [-0.2, -0.15) is 0 Å². The normalized spacial score (nSPS) is 10.5. The van der Waals surface area contributed by atoms with E-state index in [1.807, 2.05) is 30.3 Å². The smallest absolute Gasteiger partial charge is 0.147 e. The highest BCUT2D eigenvalue weighted by atomic mass is 19.1. The van der Waals surface area contributed by atoms with Crippen molar-refractivity contribution >= 4 is 5.69 Å². The molecular weight excluding hydrogens is 267 g/mol. The molecule has 0 radical (unpaired) electrons. The quantitative estimate of drug-likeness (QED) is 0.782. The molecule has 0 aliphatic carbocycles. The van der Waals surface area contributed by atoms with E-state index in [9.17, 15) is 4.39 Å². The zero-order chi connectivity index (χ0) is 14.5. The topological polar surface area (TPSA) is 42.7 Å². The fourth-order valence-corrected chi connectivity index (χ4v) is 2.15. The van der Waals surface area contributed by atoms with Gasteiger partial charge in [-0.3, -0.25) is 4.57 Å². The second kappa shape index (κ2) is 6.17. The maximum Gasteiger partial charge on any atom is 0.147 e. The molecule has 0 amide bonds. The number of hydrogen-bond acceptors (Lipinski definition) is 3. The zero-order valence-corrected chi connectivity index (χ0v) is 11.4. The van der Waals surface area contributed by atoms with Crippen molar-refractivity contribution in [3.05, 3.63) is 72.6 Å². The second-order valence-electron chi connectivity index (χ2n) is 4.61. The van der Waals surface area contributed by atoms with E-state index in [4.69, 9.17) is 0 Å². The highest BCUT2D eigenvalue weighted by Crippen LogP contribution is 2.14. The SMILES string of the molecule is Fc1ccccc1-n1cnnc1CCNc1ccccc1. The van der Waals surface area contributed by atoms with E-state index >= 15 is 0 Å². The summed E-state index contributed by atoms with van der Waals surface area (Å²) in [7, 11) is 0. The molecule has 2 aromatic carbocycles. The van der Waals surface area contributed by atoms with Gasteiger partial charge in [-0.1, -0.05) is 30.3 Å². The van der Waals surface area contributed by atoms with Gasteiger partial charge in [0.25, 0.3) is 0 Å². The van der Waals surface area contributed by atoms with Gasteiger partial charge in [-0.25, -0.2) is 4.39 Å². The average Bonchev–Trinajstić information content (AvgIpc) is 2.97. The lowest BCUT2D eigenvalue weighted by Gasteiger charge is -2.09. The van der Waals surface area contributed by atoms with Crippen molar-refractivity contribution in [2.45, 2.75) is 6.42 Å². The third kappa shape index (κ3) is 3.08. The number of nitrogens with one attached hydrogen (secondary N) is 1.